The number of hydrogen-bond acceptors (Lipinski definition) is 3. The van der Waals surface area contributed by atoms with Crippen molar-refractivity contribution in [3.63, 3.8) is 0 Å². The molecule has 116 valence electrons. The highest BCUT2D eigenvalue weighted by Gasteiger charge is 2.06. The normalized spacial score (nSPS) is 9.43. The highest BCUT2D eigenvalue weighted by atomic mass is 79.9. The molecule has 1 aromatic carbocycles. The Morgan fingerprint density at radius 3 is 2.33 bits per heavy atom. The summed E-state index contributed by atoms with van der Waals surface area (Å²) >= 11 is 6.28. The summed E-state index contributed by atoms with van der Waals surface area (Å²) in [5.41, 5.74) is 0.495. The van der Waals surface area contributed by atoms with E-state index in [0.29, 0.717) is 20.9 Å². The van der Waals surface area contributed by atoms with Crippen molar-refractivity contribution in [2.75, 3.05) is 0 Å². The summed E-state index contributed by atoms with van der Waals surface area (Å²) in [6.07, 6.45) is 5.88. The molecule has 2 N–H and O–H groups in total. The first-order chi connectivity index (χ1) is 9.93. The Labute approximate surface area is 142 Å². The summed E-state index contributed by atoms with van der Waals surface area (Å²) in [4.78, 5) is 10.0. The molecule has 0 radical (unpaired) electrons. The molecule has 21 heavy (non-hydrogen) atoms. The third-order valence-corrected chi connectivity index (χ3v) is 4.84. The molecule has 4 nitrogen and oxygen atoms in total. The van der Waals surface area contributed by atoms with E-state index in [1.807, 2.05) is 6.07 Å². The summed E-state index contributed by atoms with van der Waals surface area (Å²) in [7, 11) is 0. The van der Waals surface area contributed by atoms with Crippen LogP contribution in [-0.4, -0.2) is 16.2 Å². The zero-order valence-electron chi connectivity index (χ0n) is 11.9. The van der Waals surface area contributed by atoms with E-state index >= 15 is 0 Å². The van der Waals surface area contributed by atoms with Gasteiger partial charge in [-0.15, -0.1) is 0 Å². The Hall–Kier alpha value is -1.06. The van der Waals surface area contributed by atoms with Gasteiger partial charge in [0, 0.05) is 6.42 Å². The van der Waals surface area contributed by atoms with Crippen LogP contribution in [0, 0.1) is 11.3 Å². The molecule has 0 heterocycles. The largest absolute Gasteiger partial charge is 0.507 e. The van der Waals surface area contributed by atoms with Crippen LogP contribution >= 0.6 is 31.9 Å². The maximum atomic E-state index is 10.0. The molecule has 6 heteroatoms. The Morgan fingerprint density at radius 2 is 1.81 bits per heavy atom. The molecule has 0 aliphatic heterocycles. The van der Waals surface area contributed by atoms with Gasteiger partial charge in [-0.05, 0) is 50.4 Å². The molecular formula is C15H19Br2NO3. The Kier molecular flexibility index (Phi) is 11.0. The highest BCUT2D eigenvalue weighted by molar-refractivity contribution is 9.13. The highest BCUT2D eigenvalue weighted by Crippen LogP contribution is 2.33. The molecular weight excluding hydrogens is 402 g/mol. The molecule has 1 rings (SSSR count). The van der Waals surface area contributed by atoms with Crippen molar-refractivity contribution in [3.8, 4) is 11.8 Å². The molecule has 0 saturated heterocycles. The summed E-state index contributed by atoms with van der Waals surface area (Å²) in [5, 5.41) is 26.0. The van der Waals surface area contributed by atoms with E-state index in [2.05, 4.69) is 38.8 Å². The van der Waals surface area contributed by atoms with Gasteiger partial charge in [-0.1, -0.05) is 32.6 Å². The van der Waals surface area contributed by atoms with Gasteiger partial charge in [0.1, 0.15) is 11.8 Å². The van der Waals surface area contributed by atoms with Gasteiger partial charge in [0.2, 0.25) is 0 Å². The minimum absolute atomic E-state index is 0.121. The van der Waals surface area contributed by atoms with Gasteiger partial charge in [-0.2, -0.15) is 5.26 Å². The minimum atomic E-state index is -0.670. The van der Waals surface area contributed by atoms with Crippen molar-refractivity contribution in [2.45, 2.75) is 45.4 Å². The average Bonchev–Trinajstić information content (AvgIpc) is 2.45. The standard InChI is InChI=1S/C8H16O2.C7H3Br2NO/c1-2-3-4-5-6-7-8(9)10;8-6-4(3-10)1-2-5(11)7(6)9/h2-7H2,1H3,(H,9,10);1-2,11H. The minimum Gasteiger partial charge on any atom is -0.507 e. The number of unbranched alkanes of at least 4 members (excludes halogenated alkanes) is 4. The maximum Gasteiger partial charge on any atom is 0.303 e. The molecule has 0 saturated carbocycles. The number of rotatable bonds is 6. The Morgan fingerprint density at radius 1 is 1.19 bits per heavy atom. The SMILES string of the molecule is CCCCCCCC(=O)O.N#Cc1ccc(O)c(Br)c1Br. The Balaban J connectivity index is 0.000000384. The van der Waals surface area contributed by atoms with Crippen LogP contribution in [0.5, 0.6) is 5.75 Å². The Bertz CT molecular complexity index is 498. The van der Waals surface area contributed by atoms with Gasteiger partial charge in [-0.25, -0.2) is 0 Å². The number of aliphatic carboxylic acids is 1. The molecule has 0 atom stereocenters. The molecule has 0 amide bonds. The van der Waals surface area contributed by atoms with Crippen molar-refractivity contribution in [1.29, 1.82) is 5.26 Å². The van der Waals surface area contributed by atoms with Gasteiger partial charge in [0.25, 0.3) is 0 Å². The third kappa shape index (κ3) is 8.74. The van der Waals surface area contributed by atoms with Gasteiger partial charge in [-0.3, -0.25) is 4.79 Å². The number of aromatic hydroxyl groups is 1. The van der Waals surface area contributed by atoms with Crippen LogP contribution in [0.15, 0.2) is 21.1 Å². The fourth-order valence-electron chi connectivity index (χ4n) is 1.51. The molecule has 0 fully saturated rings. The van der Waals surface area contributed by atoms with E-state index < -0.39 is 5.97 Å². The van der Waals surface area contributed by atoms with E-state index in [4.69, 9.17) is 15.5 Å². The average molecular weight is 421 g/mol. The number of phenols is 1. The number of phenolic OH excluding ortho intramolecular Hbond substituents is 1. The monoisotopic (exact) mass is 419 g/mol. The first kappa shape index (κ1) is 19.9. The van der Waals surface area contributed by atoms with Gasteiger partial charge >= 0.3 is 5.97 Å². The van der Waals surface area contributed by atoms with Crippen molar-refractivity contribution in [2.24, 2.45) is 0 Å². The number of carboxylic acids is 1. The topological polar surface area (TPSA) is 81.3 Å². The van der Waals surface area contributed by atoms with Crippen LogP contribution in [0.4, 0.5) is 0 Å². The second kappa shape index (κ2) is 11.6. The third-order valence-electron chi connectivity index (χ3n) is 2.68. The van der Waals surface area contributed by atoms with Crippen molar-refractivity contribution in [1.82, 2.24) is 0 Å². The fraction of sp³-hybridized carbons (Fsp3) is 0.467. The fourth-order valence-corrected chi connectivity index (χ4v) is 2.28. The first-order valence-corrected chi connectivity index (χ1v) is 8.31. The molecule has 1 aromatic rings. The second-order valence-corrected chi connectivity index (χ2v) is 6.02. The van der Waals surface area contributed by atoms with Gasteiger partial charge in [0.15, 0.2) is 0 Å². The number of nitrogens with zero attached hydrogens (tertiary/aromatic N) is 1. The van der Waals surface area contributed by atoms with E-state index in [-0.39, 0.29) is 5.75 Å². The lowest BCUT2D eigenvalue weighted by molar-refractivity contribution is -0.137. The molecule has 0 aromatic heterocycles. The maximum absolute atomic E-state index is 10.0. The number of halogens is 2. The summed E-state index contributed by atoms with van der Waals surface area (Å²) in [6, 6.07) is 4.99. The van der Waals surface area contributed by atoms with Gasteiger partial charge in [0.05, 0.1) is 14.5 Å². The first-order valence-electron chi connectivity index (χ1n) is 6.72. The molecule has 0 aliphatic carbocycles. The number of carboxylic acid groups (broad SMARTS) is 1. The number of benzene rings is 1. The number of nitriles is 1. The van der Waals surface area contributed by atoms with Crippen LogP contribution in [-0.2, 0) is 4.79 Å². The van der Waals surface area contributed by atoms with Crippen LogP contribution in [0.2, 0.25) is 0 Å². The predicted octanol–water partition coefficient (Wildman–Crippen LogP) is 5.22. The molecule has 0 bridgehead atoms. The lowest BCUT2D eigenvalue weighted by Crippen LogP contribution is -1.93. The lowest BCUT2D eigenvalue weighted by Gasteiger charge is -1.99. The summed E-state index contributed by atoms with van der Waals surface area (Å²) in [6.45, 7) is 2.15. The van der Waals surface area contributed by atoms with Gasteiger partial charge < -0.3 is 10.2 Å². The zero-order valence-corrected chi connectivity index (χ0v) is 15.1. The smallest absolute Gasteiger partial charge is 0.303 e. The summed E-state index contributed by atoms with van der Waals surface area (Å²) < 4.78 is 1.09. The number of hydrogen-bond donors (Lipinski definition) is 2. The van der Waals surface area contributed by atoms with Crippen LogP contribution in [0.3, 0.4) is 0 Å². The van der Waals surface area contributed by atoms with Crippen molar-refractivity contribution >= 4 is 37.8 Å². The van der Waals surface area contributed by atoms with Crippen molar-refractivity contribution < 1.29 is 15.0 Å². The zero-order chi connectivity index (χ0) is 16.3. The second-order valence-electron chi connectivity index (χ2n) is 4.43. The lowest BCUT2D eigenvalue weighted by atomic mass is 10.1. The van der Waals surface area contributed by atoms with E-state index in [1.54, 1.807) is 6.07 Å². The van der Waals surface area contributed by atoms with Crippen molar-refractivity contribution in [3.05, 3.63) is 26.6 Å². The van der Waals surface area contributed by atoms with E-state index in [0.717, 1.165) is 12.8 Å². The molecule has 0 unspecified atom stereocenters. The summed E-state index contributed by atoms with van der Waals surface area (Å²) in [5.74, 6) is -0.549. The molecule has 0 aliphatic rings. The predicted molar refractivity (Wildman–Crippen MR) is 89.2 cm³/mol. The quantitative estimate of drug-likeness (QED) is 0.618. The van der Waals surface area contributed by atoms with Crippen LogP contribution in [0.25, 0.3) is 0 Å². The van der Waals surface area contributed by atoms with E-state index in [1.165, 1.54) is 25.3 Å². The van der Waals surface area contributed by atoms with Crippen LogP contribution in [0.1, 0.15) is 51.0 Å². The molecule has 0 spiro atoms. The number of carbonyl (C=O) groups is 1. The van der Waals surface area contributed by atoms with Crippen LogP contribution < -0.4 is 0 Å². The van der Waals surface area contributed by atoms with E-state index in [9.17, 15) is 4.79 Å².